The van der Waals surface area contributed by atoms with E-state index < -0.39 is 36.6 Å². The molecule has 2 N–H and O–H groups in total. The van der Waals surface area contributed by atoms with Gasteiger partial charge in [-0.25, -0.2) is 25.6 Å². The van der Waals surface area contributed by atoms with Gasteiger partial charge in [0.05, 0.1) is 9.79 Å². The Kier molecular flexibility index (Phi) is 4.80. The second-order valence-electron chi connectivity index (χ2n) is 4.60. The van der Waals surface area contributed by atoms with Crippen LogP contribution < -0.4 is 9.66 Å². The lowest BCUT2D eigenvalue weighted by Crippen LogP contribution is -2.41. The van der Waals surface area contributed by atoms with Crippen LogP contribution in [-0.2, 0) is 20.0 Å². The zero-order valence-corrected chi connectivity index (χ0v) is 13.4. The second kappa shape index (κ2) is 6.32. The Morgan fingerprint density at radius 1 is 0.739 bits per heavy atom. The van der Waals surface area contributed by atoms with E-state index in [-0.39, 0.29) is 4.90 Å². The Morgan fingerprint density at radius 3 is 1.74 bits per heavy atom. The summed E-state index contributed by atoms with van der Waals surface area (Å²) in [5.74, 6) is -2.58. The van der Waals surface area contributed by atoms with Crippen molar-refractivity contribution in [3.8, 4) is 0 Å². The van der Waals surface area contributed by atoms with Crippen molar-refractivity contribution in [1.29, 1.82) is 0 Å². The zero-order chi connectivity index (χ0) is 17.3. The average molecular weight is 362 g/mol. The van der Waals surface area contributed by atoms with Crippen molar-refractivity contribution in [3.05, 3.63) is 59.7 Å². The summed E-state index contributed by atoms with van der Waals surface area (Å²) in [6.07, 6.45) is 0. The van der Waals surface area contributed by atoms with Gasteiger partial charge in [-0.05, 0) is 37.3 Å². The van der Waals surface area contributed by atoms with Gasteiger partial charge in [0.25, 0.3) is 20.0 Å². The van der Waals surface area contributed by atoms with Gasteiger partial charge < -0.3 is 0 Å². The van der Waals surface area contributed by atoms with Crippen molar-refractivity contribution in [2.75, 3.05) is 0 Å². The highest BCUT2D eigenvalue weighted by Crippen LogP contribution is 2.14. The molecule has 0 bridgehead atoms. The van der Waals surface area contributed by atoms with E-state index in [2.05, 4.69) is 0 Å². The van der Waals surface area contributed by atoms with Crippen molar-refractivity contribution < 1.29 is 25.6 Å². The SMILES string of the molecule is Cc1ccc(S(=O)(=O)NNS(=O)(=O)c2ccc(F)c(F)c2)cc1. The van der Waals surface area contributed by atoms with Crippen LogP contribution in [0.1, 0.15) is 5.56 Å². The Bertz CT molecular complexity index is 927. The van der Waals surface area contributed by atoms with Gasteiger partial charge in [-0.3, -0.25) is 0 Å². The molecule has 0 heterocycles. The van der Waals surface area contributed by atoms with Crippen LogP contribution in [-0.4, -0.2) is 16.8 Å². The van der Waals surface area contributed by atoms with Crippen LogP contribution in [0.3, 0.4) is 0 Å². The number of hydrogen-bond donors (Lipinski definition) is 2. The van der Waals surface area contributed by atoms with E-state index in [0.29, 0.717) is 12.1 Å². The Morgan fingerprint density at radius 2 is 1.22 bits per heavy atom. The van der Waals surface area contributed by atoms with Crippen molar-refractivity contribution in [1.82, 2.24) is 9.66 Å². The van der Waals surface area contributed by atoms with Crippen LogP contribution in [0.4, 0.5) is 8.78 Å². The summed E-state index contributed by atoms with van der Waals surface area (Å²) in [5, 5.41) is 0. The maximum Gasteiger partial charge on any atom is 0.254 e. The molecular formula is C13H12F2N2O4S2. The first kappa shape index (κ1) is 17.5. The molecule has 2 aromatic rings. The van der Waals surface area contributed by atoms with Gasteiger partial charge >= 0.3 is 0 Å². The van der Waals surface area contributed by atoms with Gasteiger partial charge in [-0.15, -0.1) is 9.66 Å². The molecule has 0 spiro atoms. The van der Waals surface area contributed by atoms with Crippen LogP contribution >= 0.6 is 0 Å². The van der Waals surface area contributed by atoms with Gasteiger partial charge in [0, 0.05) is 0 Å². The molecule has 124 valence electrons. The third-order valence-electron chi connectivity index (χ3n) is 2.84. The lowest BCUT2D eigenvalue weighted by atomic mass is 10.2. The standard InChI is InChI=1S/C13H12F2N2O4S2/c1-9-2-4-10(5-3-9)22(18,19)16-17-23(20,21)11-6-7-12(14)13(15)8-11/h2-8,16-17H,1H3. The molecule has 0 atom stereocenters. The molecule has 0 unspecified atom stereocenters. The summed E-state index contributed by atoms with van der Waals surface area (Å²) >= 11 is 0. The molecule has 23 heavy (non-hydrogen) atoms. The third-order valence-corrected chi connectivity index (χ3v) is 5.48. The van der Waals surface area contributed by atoms with E-state index in [9.17, 15) is 25.6 Å². The minimum atomic E-state index is -4.40. The summed E-state index contributed by atoms with van der Waals surface area (Å²) in [6, 6.07) is 7.54. The quantitative estimate of drug-likeness (QED) is 0.788. The fraction of sp³-hybridized carbons (Fsp3) is 0.0769. The number of benzene rings is 2. The Labute approximate surface area is 132 Å². The van der Waals surface area contributed by atoms with Crippen molar-refractivity contribution in [2.24, 2.45) is 0 Å². The van der Waals surface area contributed by atoms with E-state index >= 15 is 0 Å². The first-order valence-electron chi connectivity index (χ1n) is 6.17. The van der Waals surface area contributed by atoms with E-state index in [1.807, 2.05) is 0 Å². The van der Waals surface area contributed by atoms with Crippen LogP contribution in [0.2, 0.25) is 0 Å². The van der Waals surface area contributed by atoms with Crippen LogP contribution in [0.25, 0.3) is 0 Å². The number of hydrogen-bond acceptors (Lipinski definition) is 4. The average Bonchev–Trinajstić information content (AvgIpc) is 2.48. The van der Waals surface area contributed by atoms with Gasteiger partial charge in [-0.1, -0.05) is 17.7 Å². The summed E-state index contributed by atoms with van der Waals surface area (Å²) < 4.78 is 73.6. The molecule has 0 radical (unpaired) electrons. The molecule has 0 aliphatic heterocycles. The van der Waals surface area contributed by atoms with Crippen molar-refractivity contribution in [2.45, 2.75) is 16.7 Å². The maximum absolute atomic E-state index is 13.1. The van der Waals surface area contributed by atoms with Gasteiger partial charge in [0.2, 0.25) is 0 Å². The Balaban J connectivity index is 2.21. The fourth-order valence-corrected chi connectivity index (χ4v) is 3.70. The lowest BCUT2D eigenvalue weighted by molar-refractivity contribution is 0.504. The number of sulfonamides is 2. The summed E-state index contributed by atoms with van der Waals surface area (Å²) in [6.45, 7) is 1.76. The predicted octanol–water partition coefficient (Wildman–Crippen LogP) is 1.45. The predicted molar refractivity (Wildman–Crippen MR) is 78.2 cm³/mol. The van der Waals surface area contributed by atoms with Crippen LogP contribution in [0.15, 0.2) is 52.3 Å². The number of hydrazine groups is 1. The lowest BCUT2D eigenvalue weighted by Gasteiger charge is -2.09. The molecule has 0 aliphatic carbocycles. The van der Waals surface area contributed by atoms with E-state index in [1.165, 1.54) is 12.1 Å². The number of rotatable bonds is 5. The van der Waals surface area contributed by atoms with E-state index in [1.54, 1.807) is 28.7 Å². The molecule has 0 aliphatic rings. The monoisotopic (exact) mass is 362 g/mol. The molecule has 6 nitrogen and oxygen atoms in total. The molecule has 2 aromatic carbocycles. The fourth-order valence-electron chi connectivity index (χ4n) is 1.59. The summed E-state index contributed by atoms with van der Waals surface area (Å²) in [7, 11) is -8.54. The molecule has 0 amide bonds. The van der Waals surface area contributed by atoms with Gasteiger partial charge in [0.1, 0.15) is 0 Å². The third kappa shape index (κ3) is 4.10. The normalized spacial score (nSPS) is 12.3. The molecular weight excluding hydrogens is 350 g/mol. The Hall–Kier alpha value is -1.88. The number of nitrogens with one attached hydrogen (secondary N) is 2. The van der Waals surface area contributed by atoms with Crippen LogP contribution in [0, 0.1) is 18.6 Å². The van der Waals surface area contributed by atoms with E-state index in [4.69, 9.17) is 0 Å². The van der Waals surface area contributed by atoms with Crippen molar-refractivity contribution in [3.63, 3.8) is 0 Å². The topological polar surface area (TPSA) is 92.3 Å². The van der Waals surface area contributed by atoms with Gasteiger partial charge in [-0.2, -0.15) is 0 Å². The maximum atomic E-state index is 13.1. The molecule has 2 rings (SSSR count). The summed E-state index contributed by atoms with van der Waals surface area (Å²) in [4.78, 5) is 2.53. The van der Waals surface area contributed by atoms with Gasteiger partial charge in [0.15, 0.2) is 11.6 Å². The second-order valence-corrected chi connectivity index (χ2v) is 7.96. The molecule has 10 heteroatoms. The highest BCUT2D eigenvalue weighted by atomic mass is 32.2. The minimum absolute atomic E-state index is 0.156. The van der Waals surface area contributed by atoms with E-state index in [0.717, 1.165) is 11.6 Å². The smallest absolute Gasteiger partial charge is 0.206 e. The van der Waals surface area contributed by atoms with Crippen molar-refractivity contribution >= 4 is 20.0 Å². The first-order chi connectivity index (χ1) is 10.6. The summed E-state index contributed by atoms with van der Waals surface area (Å²) in [5.41, 5.74) is 0.825. The molecule has 0 saturated carbocycles. The number of aryl methyl sites for hydroxylation is 1. The number of halogens is 2. The molecule has 0 aromatic heterocycles. The molecule has 0 saturated heterocycles. The van der Waals surface area contributed by atoms with Crippen LogP contribution in [0.5, 0.6) is 0 Å². The zero-order valence-electron chi connectivity index (χ0n) is 11.7. The highest BCUT2D eigenvalue weighted by Gasteiger charge is 2.21. The first-order valence-corrected chi connectivity index (χ1v) is 9.14. The largest absolute Gasteiger partial charge is 0.254 e. The highest BCUT2D eigenvalue weighted by molar-refractivity contribution is 7.92. The molecule has 0 fully saturated rings. The minimum Gasteiger partial charge on any atom is -0.206 e.